The minimum atomic E-state index is -0.718. The van der Waals surface area contributed by atoms with Gasteiger partial charge in [0, 0.05) is 0 Å². The van der Waals surface area contributed by atoms with Crippen molar-refractivity contribution in [1.82, 2.24) is 0 Å². The van der Waals surface area contributed by atoms with Gasteiger partial charge in [0.2, 0.25) is 12.5 Å². The lowest BCUT2D eigenvalue weighted by atomic mass is 9.77. The summed E-state index contributed by atoms with van der Waals surface area (Å²) in [6.45, 7) is 4.90. The highest BCUT2D eigenvalue weighted by Gasteiger charge is 2.22. The van der Waals surface area contributed by atoms with E-state index in [0.29, 0.717) is 17.4 Å². The smallest absolute Gasteiger partial charge is 0.338 e. The monoisotopic (exact) mass is 510 g/mol. The topological polar surface area (TPSA) is 74.2 Å². The highest BCUT2D eigenvalue weighted by molar-refractivity contribution is 5.87. The van der Waals surface area contributed by atoms with Gasteiger partial charge in [-0.3, -0.25) is 0 Å². The van der Waals surface area contributed by atoms with Crippen LogP contribution in [0.25, 0.3) is 11.1 Å². The minimum absolute atomic E-state index is 0.0401. The Kier molecular flexibility index (Phi) is 12.0. The average Bonchev–Trinajstić information content (AvgIpc) is 2.94. The maximum atomic E-state index is 11.7. The molecule has 37 heavy (non-hydrogen) atoms. The number of aliphatic hydroxyl groups excluding tert-OH is 1. The third-order valence-corrected chi connectivity index (χ3v) is 7.28. The summed E-state index contributed by atoms with van der Waals surface area (Å²) < 4.78 is 10.6. The molecular weight excluding hydrogens is 468 g/mol. The molecule has 2 aromatic carbocycles. The zero-order valence-corrected chi connectivity index (χ0v) is 22.4. The van der Waals surface area contributed by atoms with Gasteiger partial charge < -0.3 is 19.5 Å². The van der Waals surface area contributed by atoms with E-state index in [1.165, 1.54) is 76.9 Å². The number of esters is 1. The molecule has 1 aliphatic carbocycles. The van der Waals surface area contributed by atoms with Crippen molar-refractivity contribution < 1.29 is 29.1 Å². The van der Waals surface area contributed by atoms with Crippen molar-refractivity contribution in [1.29, 1.82) is 0 Å². The molecule has 1 fully saturated rings. The third-order valence-electron chi connectivity index (χ3n) is 7.28. The Morgan fingerprint density at radius 3 is 2.32 bits per heavy atom. The molecular formula is C31H42O6. The molecule has 1 aliphatic rings. The highest BCUT2D eigenvalue weighted by atomic mass is 17.2. The molecule has 0 bridgehead atoms. The molecule has 0 atom stereocenters. The number of unbranched alkanes of at least 4 members (excludes halogenated alkanes) is 4. The van der Waals surface area contributed by atoms with E-state index in [0.717, 1.165) is 17.0 Å². The molecule has 202 valence electrons. The van der Waals surface area contributed by atoms with E-state index in [-0.39, 0.29) is 12.4 Å². The Labute approximate surface area is 221 Å². The van der Waals surface area contributed by atoms with Crippen molar-refractivity contribution in [2.24, 2.45) is 5.92 Å². The minimum Gasteiger partial charge on any atom is -0.453 e. The SMILES string of the molecule is C=C(CO)C(=O)OCOc1cc(-c2ccc(C3CCC(CCCCCCC)CC3)cc2)ccc1OOC. The molecule has 0 aromatic heterocycles. The second-order valence-corrected chi connectivity index (χ2v) is 9.91. The summed E-state index contributed by atoms with van der Waals surface area (Å²) in [4.78, 5) is 21.7. The number of ether oxygens (including phenoxy) is 2. The Hall–Kier alpha value is -2.83. The molecule has 0 spiro atoms. The molecule has 1 N–H and O–H groups in total. The highest BCUT2D eigenvalue weighted by Crippen LogP contribution is 2.39. The van der Waals surface area contributed by atoms with Crippen molar-refractivity contribution in [3.05, 3.63) is 60.2 Å². The fraction of sp³-hybridized carbons (Fsp3) is 0.516. The van der Waals surface area contributed by atoms with Crippen LogP contribution >= 0.6 is 0 Å². The molecule has 3 rings (SSSR count). The predicted molar refractivity (Wildman–Crippen MR) is 145 cm³/mol. The summed E-state index contributed by atoms with van der Waals surface area (Å²) in [6, 6.07) is 14.3. The summed E-state index contributed by atoms with van der Waals surface area (Å²) in [5.41, 5.74) is 3.38. The van der Waals surface area contributed by atoms with E-state index in [9.17, 15) is 4.79 Å². The standard InChI is InChI=1S/C31H42O6/c1-4-5-6-7-8-9-24-10-12-25(13-11-24)26-14-16-27(17-15-26)28-18-19-29(37-34-3)30(20-28)35-22-36-31(33)23(2)21-32/h14-20,24-25,32H,2,4-13,21-22H2,1,3H3. The molecule has 0 saturated heterocycles. The van der Waals surface area contributed by atoms with E-state index in [2.05, 4.69) is 37.8 Å². The van der Waals surface area contributed by atoms with E-state index in [4.69, 9.17) is 24.4 Å². The van der Waals surface area contributed by atoms with Crippen LogP contribution in [0.1, 0.15) is 82.6 Å². The fourth-order valence-electron chi connectivity index (χ4n) is 5.04. The first-order valence-electron chi connectivity index (χ1n) is 13.6. The van der Waals surface area contributed by atoms with Gasteiger partial charge in [-0.15, -0.1) is 0 Å². The second kappa shape index (κ2) is 15.4. The average molecular weight is 511 g/mol. The first kappa shape index (κ1) is 28.7. The zero-order chi connectivity index (χ0) is 26.5. The first-order chi connectivity index (χ1) is 18.0. The third kappa shape index (κ3) is 8.90. The number of hydrogen-bond acceptors (Lipinski definition) is 6. The number of rotatable bonds is 15. The van der Waals surface area contributed by atoms with Gasteiger partial charge in [0.25, 0.3) is 0 Å². The van der Waals surface area contributed by atoms with Crippen LogP contribution in [0.3, 0.4) is 0 Å². The van der Waals surface area contributed by atoms with Crippen LogP contribution in [-0.4, -0.2) is 31.6 Å². The Bertz CT molecular complexity index is 976. The maximum Gasteiger partial charge on any atom is 0.338 e. The van der Waals surface area contributed by atoms with Gasteiger partial charge in [0.05, 0.1) is 19.3 Å². The van der Waals surface area contributed by atoms with Crippen molar-refractivity contribution in [3.63, 3.8) is 0 Å². The van der Waals surface area contributed by atoms with Gasteiger partial charge in [0.1, 0.15) is 0 Å². The summed E-state index contributed by atoms with van der Waals surface area (Å²) in [7, 11) is 1.41. The van der Waals surface area contributed by atoms with Crippen LogP contribution in [-0.2, 0) is 14.4 Å². The van der Waals surface area contributed by atoms with Crippen LogP contribution in [0.4, 0.5) is 0 Å². The second-order valence-electron chi connectivity index (χ2n) is 9.91. The quantitative estimate of drug-likeness (QED) is 0.0674. The Balaban J connectivity index is 1.56. The lowest BCUT2D eigenvalue weighted by Gasteiger charge is -2.29. The molecule has 6 heteroatoms. The molecule has 2 aromatic rings. The van der Waals surface area contributed by atoms with Crippen LogP contribution in [0.5, 0.6) is 11.5 Å². The van der Waals surface area contributed by atoms with E-state index in [1.54, 1.807) is 6.07 Å². The number of hydrogen-bond donors (Lipinski definition) is 1. The van der Waals surface area contributed by atoms with Crippen molar-refractivity contribution in [2.45, 2.75) is 77.0 Å². The lowest BCUT2D eigenvalue weighted by Crippen LogP contribution is -2.14. The molecule has 0 radical (unpaired) electrons. The van der Waals surface area contributed by atoms with Crippen LogP contribution in [0.15, 0.2) is 54.6 Å². The lowest BCUT2D eigenvalue weighted by molar-refractivity contribution is -0.180. The van der Waals surface area contributed by atoms with Gasteiger partial charge >= 0.3 is 5.97 Å². The van der Waals surface area contributed by atoms with E-state index >= 15 is 0 Å². The Morgan fingerprint density at radius 2 is 1.65 bits per heavy atom. The molecule has 0 heterocycles. The van der Waals surface area contributed by atoms with Crippen LogP contribution in [0, 0.1) is 5.92 Å². The molecule has 0 unspecified atom stereocenters. The molecule has 0 amide bonds. The van der Waals surface area contributed by atoms with E-state index < -0.39 is 12.6 Å². The summed E-state index contributed by atoms with van der Waals surface area (Å²) in [5.74, 6) is 1.57. The van der Waals surface area contributed by atoms with Crippen molar-refractivity contribution in [2.75, 3.05) is 20.5 Å². The predicted octanol–water partition coefficient (Wildman–Crippen LogP) is 7.36. The molecule has 1 saturated carbocycles. The van der Waals surface area contributed by atoms with Gasteiger partial charge in [-0.25, -0.2) is 4.79 Å². The summed E-state index contributed by atoms with van der Waals surface area (Å²) >= 11 is 0. The van der Waals surface area contributed by atoms with Gasteiger partial charge in [-0.1, -0.05) is 82.4 Å². The van der Waals surface area contributed by atoms with Crippen LogP contribution in [0.2, 0.25) is 0 Å². The normalized spacial score (nSPS) is 17.3. The van der Waals surface area contributed by atoms with E-state index in [1.807, 2.05) is 12.1 Å². The first-order valence-corrected chi connectivity index (χ1v) is 13.6. The number of carbonyl (C=O) groups is 1. The van der Waals surface area contributed by atoms with Crippen molar-refractivity contribution >= 4 is 5.97 Å². The van der Waals surface area contributed by atoms with Crippen LogP contribution < -0.4 is 9.62 Å². The fourth-order valence-corrected chi connectivity index (χ4v) is 5.04. The summed E-state index contributed by atoms with van der Waals surface area (Å²) in [6.07, 6.45) is 13.5. The summed E-state index contributed by atoms with van der Waals surface area (Å²) in [5, 5.41) is 8.99. The number of aliphatic hydroxyl groups is 1. The Morgan fingerprint density at radius 1 is 0.946 bits per heavy atom. The molecule has 6 nitrogen and oxygen atoms in total. The van der Waals surface area contributed by atoms with Gasteiger partial charge in [-0.05, 0) is 66.3 Å². The van der Waals surface area contributed by atoms with Gasteiger partial charge in [-0.2, -0.15) is 4.89 Å². The number of carbonyl (C=O) groups excluding carboxylic acids is 1. The molecule has 0 aliphatic heterocycles. The maximum absolute atomic E-state index is 11.7. The number of benzene rings is 2. The van der Waals surface area contributed by atoms with Gasteiger partial charge in [0.15, 0.2) is 5.75 Å². The van der Waals surface area contributed by atoms with Crippen molar-refractivity contribution in [3.8, 4) is 22.6 Å². The zero-order valence-electron chi connectivity index (χ0n) is 22.4. The largest absolute Gasteiger partial charge is 0.453 e.